The molecule has 2 heterocycles. The standard InChI is InChI=1S/C17H17N5O4S/c23-15(7-8-16-20-17(21-26-16)14-2-1-11-27-14)19-10-9-18-12-3-5-13(6-4-12)22(24)25/h1-6,11,18H,7-10H2,(H,19,23). The lowest BCUT2D eigenvalue weighted by Crippen LogP contribution is -2.28. The minimum atomic E-state index is -0.448. The molecule has 0 aliphatic carbocycles. The molecule has 3 rings (SSSR count). The van der Waals surface area contributed by atoms with Gasteiger partial charge >= 0.3 is 0 Å². The van der Waals surface area contributed by atoms with Crippen molar-refractivity contribution in [3.63, 3.8) is 0 Å². The van der Waals surface area contributed by atoms with E-state index in [4.69, 9.17) is 4.52 Å². The number of anilines is 1. The Morgan fingerprint density at radius 1 is 1.22 bits per heavy atom. The smallest absolute Gasteiger partial charge is 0.269 e. The number of carbonyl (C=O) groups excluding carboxylic acids is 1. The van der Waals surface area contributed by atoms with Crippen LogP contribution in [0.15, 0.2) is 46.3 Å². The first kappa shape index (κ1) is 18.5. The van der Waals surface area contributed by atoms with Gasteiger partial charge in [-0.3, -0.25) is 14.9 Å². The first-order valence-corrected chi connectivity index (χ1v) is 9.11. The molecule has 0 saturated carbocycles. The van der Waals surface area contributed by atoms with E-state index >= 15 is 0 Å². The maximum Gasteiger partial charge on any atom is 0.269 e. The number of aromatic nitrogens is 2. The van der Waals surface area contributed by atoms with Crippen LogP contribution in [0.2, 0.25) is 0 Å². The molecular weight excluding hydrogens is 370 g/mol. The number of thiophene rings is 1. The molecule has 0 radical (unpaired) electrons. The van der Waals surface area contributed by atoms with Gasteiger partial charge in [-0.2, -0.15) is 4.98 Å². The van der Waals surface area contributed by atoms with E-state index in [1.807, 2.05) is 17.5 Å². The highest BCUT2D eigenvalue weighted by Crippen LogP contribution is 2.21. The van der Waals surface area contributed by atoms with Crippen LogP contribution in [0.1, 0.15) is 12.3 Å². The number of hydrogen-bond donors (Lipinski definition) is 2. The Morgan fingerprint density at radius 2 is 2.04 bits per heavy atom. The quantitative estimate of drug-likeness (QED) is 0.329. The van der Waals surface area contributed by atoms with Gasteiger partial charge in [0, 0.05) is 43.8 Å². The Labute approximate surface area is 158 Å². The lowest BCUT2D eigenvalue weighted by Gasteiger charge is -2.07. The zero-order valence-corrected chi connectivity index (χ0v) is 15.1. The molecule has 27 heavy (non-hydrogen) atoms. The Balaban J connectivity index is 1.34. The Kier molecular flexibility index (Phi) is 6.10. The van der Waals surface area contributed by atoms with Crippen LogP contribution in [0.25, 0.3) is 10.7 Å². The van der Waals surface area contributed by atoms with Crippen LogP contribution in [0, 0.1) is 10.1 Å². The molecule has 0 aliphatic heterocycles. The lowest BCUT2D eigenvalue weighted by molar-refractivity contribution is -0.384. The van der Waals surface area contributed by atoms with Crippen LogP contribution >= 0.6 is 11.3 Å². The summed E-state index contributed by atoms with van der Waals surface area (Å²) in [5.74, 6) is 0.849. The predicted octanol–water partition coefficient (Wildman–Crippen LogP) is 2.87. The van der Waals surface area contributed by atoms with Crippen molar-refractivity contribution in [2.75, 3.05) is 18.4 Å². The van der Waals surface area contributed by atoms with Gasteiger partial charge in [0.2, 0.25) is 17.6 Å². The minimum Gasteiger partial charge on any atom is -0.383 e. The highest BCUT2D eigenvalue weighted by molar-refractivity contribution is 7.13. The van der Waals surface area contributed by atoms with E-state index in [9.17, 15) is 14.9 Å². The molecule has 0 bridgehead atoms. The van der Waals surface area contributed by atoms with Gasteiger partial charge in [-0.15, -0.1) is 11.3 Å². The fraction of sp³-hybridized carbons (Fsp3) is 0.235. The molecule has 0 saturated heterocycles. The number of aryl methyl sites for hydroxylation is 1. The molecule has 0 atom stereocenters. The highest BCUT2D eigenvalue weighted by Gasteiger charge is 2.11. The summed E-state index contributed by atoms with van der Waals surface area (Å²) in [5, 5.41) is 22.3. The third kappa shape index (κ3) is 5.35. The van der Waals surface area contributed by atoms with Gasteiger partial charge in [0.05, 0.1) is 9.80 Å². The molecule has 3 aromatic rings. The van der Waals surface area contributed by atoms with Crippen LogP contribution in [0.5, 0.6) is 0 Å². The molecule has 9 nitrogen and oxygen atoms in total. The molecule has 0 spiro atoms. The van der Waals surface area contributed by atoms with Gasteiger partial charge in [-0.05, 0) is 23.6 Å². The van der Waals surface area contributed by atoms with Crippen molar-refractivity contribution in [3.8, 4) is 10.7 Å². The summed E-state index contributed by atoms with van der Waals surface area (Å²) in [6.45, 7) is 0.937. The molecule has 1 amide bonds. The van der Waals surface area contributed by atoms with Crippen molar-refractivity contribution in [3.05, 3.63) is 57.8 Å². The van der Waals surface area contributed by atoms with Crippen molar-refractivity contribution in [2.45, 2.75) is 12.8 Å². The van der Waals surface area contributed by atoms with Gasteiger partial charge < -0.3 is 15.2 Å². The summed E-state index contributed by atoms with van der Waals surface area (Å²) < 4.78 is 5.15. The molecule has 0 unspecified atom stereocenters. The van der Waals surface area contributed by atoms with E-state index < -0.39 is 4.92 Å². The van der Waals surface area contributed by atoms with Crippen molar-refractivity contribution in [1.82, 2.24) is 15.5 Å². The molecule has 1 aromatic carbocycles. The van der Waals surface area contributed by atoms with E-state index in [1.54, 1.807) is 12.1 Å². The number of nitrogens with zero attached hydrogens (tertiary/aromatic N) is 3. The first-order valence-electron chi connectivity index (χ1n) is 8.23. The molecule has 140 valence electrons. The second-order valence-corrected chi connectivity index (χ2v) is 6.52. The van der Waals surface area contributed by atoms with E-state index in [0.717, 1.165) is 10.6 Å². The SMILES string of the molecule is O=C(CCc1nc(-c2cccs2)no1)NCCNc1ccc([N+](=O)[O-])cc1. The monoisotopic (exact) mass is 387 g/mol. The van der Waals surface area contributed by atoms with Crippen molar-refractivity contribution < 1.29 is 14.2 Å². The first-order chi connectivity index (χ1) is 13.1. The van der Waals surface area contributed by atoms with Crippen molar-refractivity contribution in [2.24, 2.45) is 0 Å². The number of amides is 1. The highest BCUT2D eigenvalue weighted by atomic mass is 32.1. The van der Waals surface area contributed by atoms with Gasteiger partial charge in [0.25, 0.3) is 5.69 Å². The van der Waals surface area contributed by atoms with Crippen LogP contribution in [0.4, 0.5) is 11.4 Å². The Bertz CT molecular complexity index is 892. The maximum atomic E-state index is 11.9. The number of non-ortho nitro benzene ring substituents is 1. The summed E-state index contributed by atoms with van der Waals surface area (Å²) >= 11 is 1.52. The van der Waals surface area contributed by atoms with Crippen LogP contribution in [-0.2, 0) is 11.2 Å². The Morgan fingerprint density at radius 3 is 2.74 bits per heavy atom. The topological polar surface area (TPSA) is 123 Å². The van der Waals surface area contributed by atoms with Crippen molar-refractivity contribution >= 4 is 28.6 Å². The van der Waals surface area contributed by atoms with Gasteiger partial charge in [0.1, 0.15) is 0 Å². The normalized spacial score (nSPS) is 10.5. The summed E-state index contributed by atoms with van der Waals surface area (Å²) in [7, 11) is 0. The second kappa shape index (κ2) is 8.90. The zero-order valence-electron chi connectivity index (χ0n) is 14.3. The fourth-order valence-corrected chi connectivity index (χ4v) is 2.93. The number of hydrogen-bond acceptors (Lipinski definition) is 8. The summed E-state index contributed by atoms with van der Waals surface area (Å²) in [6.07, 6.45) is 0.629. The molecule has 2 N–H and O–H groups in total. The lowest BCUT2D eigenvalue weighted by atomic mass is 10.3. The van der Waals surface area contributed by atoms with E-state index in [2.05, 4.69) is 20.8 Å². The Hall–Kier alpha value is -3.27. The average molecular weight is 387 g/mol. The zero-order chi connectivity index (χ0) is 19.1. The van der Waals surface area contributed by atoms with Gasteiger partial charge in [-0.25, -0.2) is 0 Å². The predicted molar refractivity (Wildman–Crippen MR) is 101 cm³/mol. The maximum absolute atomic E-state index is 11.9. The molecule has 0 fully saturated rings. The van der Waals surface area contributed by atoms with E-state index in [0.29, 0.717) is 31.2 Å². The fourth-order valence-electron chi connectivity index (χ4n) is 2.28. The molecule has 2 aromatic heterocycles. The number of carbonyl (C=O) groups is 1. The van der Waals surface area contributed by atoms with Crippen LogP contribution in [-0.4, -0.2) is 34.1 Å². The number of nitro groups is 1. The third-order valence-corrected chi connectivity index (χ3v) is 4.50. The molecular formula is C17H17N5O4S. The number of rotatable bonds is 9. The third-order valence-electron chi connectivity index (χ3n) is 3.63. The van der Waals surface area contributed by atoms with Crippen LogP contribution < -0.4 is 10.6 Å². The second-order valence-electron chi connectivity index (χ2n) is 5.57. The largest absolute Gasteiger partial charge is 0.383 e. The summed E-state index contributed by atoms with van der Waals surface area (Å²) in [6, 6.07) is 9.92. The van der Waals surface area contributed by atoms with Crippen molar-refractivity contribution in [1.29, 1.82) is 0 Å². The van der Waals surface area contributed by atoms with E-state index in [-0.39, 0.29) is 18.0 Å². The molecule has 0 aliphatic rings. The number of nitrogens with one attached hydrogen (secondary N) is 2. The summed E-state index contributed by atoms with van der Waals surface area (Å²) in [4.78, 5) is 27.2. The average Bonchev–Trinajstić information content (AvgIpc) is 3.35. The van der Waals surface area contributed by atoms with Gasteiger partial charge in [0.15, 0.2) is 0 Å². The summed E-state index contributed by atoms with van der Waals surface area (Å²) in [5.41, 5.74) is 0.791. The minimum absolute atomic E-state index is 0.0390. The molecule has 10 heteroatoms. The number of nitro benzene ring substituents is 1. The van der Waals surface area contributed by atoms with Gasteiger partial charge in [-0.1, -0.05) is 11.2 Å². The van der Waals surface area contributed by atoms with E-state index in [1.165, 1.54) is 23.5 Å². The van der Waals surface area contributed by atoms with Crippen LogP contribution in [0.3, 0.4) is 0 Å². The number of benzene rings is 1.